The highest BCUT2D eigenvalue weighted by molar-refractivity contribution is 5.90. The van der Waals surface area contributed by atoms with E-state index in [1.807, 2.05) is 88.8 Å². The largest absolute Gasteiger partial charge is 0.480 e. The van der Waals surface area contributed by atoms with E-state index in [1.54, 1.807) is 26.2 Å². The van der Waals surface area contributed by atoms with Crippen molar-refractivity contribution in [3.8, 4) is 0 Å². The third-order valence-corrected chi connectivity index (χ3v) is 10.9. The van der Waals surface area contributed by atoms with Crippen molar-refractivity contribution in [1.29, 1.82) is 0 Å². The number of carboxylic acids is 1. The molecule has 0 bridgehead atoms. The van der Waals surface area contributed by atoms with Crippen molar-refractivity contribution in [2.45, 2.75) is 123 Å². The van der Waals surface area contributed by atoms with Crippen LogP contribution in [0.1, 0.15) is 79.7 Å². The first-order chi connectivity index (χ1) is 24.5. The number of benzene rings is 1. The maximum Gasteiger partial charge on any atom is 0.321 e. The summed E-state index contributed by atoms with van der Waals surface area (Å²) >= 11 is 0. The lowest BCUT2D eigenvalue weighted by molar-refractivity contribution is -0.147. The first-order valence-electron chi connectivity index (χ1n) is 19.1. The van der Waals surface area contributed by atoms with Gasteiger partial charge in [-0.05, 0) is 62.6 Å². The number of likely N-dealkylation sites (tertiary alicyclic amines) is 1. The monoisotopic (exact) mass is 732 g/mol. The Morgan fingerprint density at radius 3 is 2.08 bits per heavy atom. The summed E-state index contributed by atoms with van der Waals surface area (Å²) in [5.74, 6) is -1.57. The molecular formula is C40H69N5O7. The lowest BCUT2D eigenvalue weighted by atomic mass is 9.89. The van der Waals surface area contributed by atoms with Crippen molar-refractivity contribution in [3.05, 3.63) is 35.9 Å². The molecule has 0 saturated carbocycles. The fraction of sp³-hybridized carbons (Fsp3) is 0.750. The fourth-order valence-corrected chi connectivity index (χ4v) is 7.88. The van der Waals surface area contributed by atoms with E-state index >= 15 is 0 Å². The van der Waals surface area contributed by atoms with Gasteiger partial charge in [-0.15, -0.1) is 0 Å². The predicted molar refractivity (Wildman–Crippen MR) is 205 cm³/mol. The molecule has 1 aliphatic rings. The Bertz CT molecular complexity index is 1250. The molecular weight excluding hydrogens is 662 g/mol. The van der Waals surface area contributed by atoms with Gasteiger partial charge < -0.3 is 35.0 Å². The van der Waals surface area contributed by atoms with E-state index in [0.29, 0.717) is 19.5 Å². The Balaban J connectivity index is 2.23. The van der Waals surface area contributed by atoms with Gasteiger partial charge in [0.1, 0.15) is 12.1 Å². The average molecular weight is 732 g/mol. The smallest absolute Gasteiger partial charge is 0.321 e. The Kier molecular flexibility index (Phi) is 18.7. The molecule has 0 aliphatic carbocycles. The van der Waals surface area contributed by atoms with E-state index in [2.05, 4.69) is 24.5 Å². The summed E-state index contributed by atoms with van der Waals surface area (Å²) in [7, 11) is 8.70. The van der Waals surface area contributed by atoms with Crippen molar-refractivity contribution in [3.63, 3.8) is 0 Å². The number of hydrogen-bond donors (Lipinski definition) is 3. The number of rotatable bonds is 22. The van der Waals surface area contributed by atoms with Gasteiger partial charge in [0.2, 0.25) is 17.7 Å². The van der Waals surface area contributed by atoms with Crippen molar-refractivity contribution in [2.75, 3.05) is 48.5 Å². The SMILES string of the molecule is CCC(C)C(C(CC(=O)N1CCCC1C(OC)C(C)CNC(Cc1ccccc1)C(=O)O)OC)N(C)C(=O)[C@@H](NC(=O)C(C(C)C)N(C)C)C(C)C. The molecule has 0 radical (unpaired) electrons. The summed E-state index contributed by atoms with van der Waals surface area (Å²) in [6.07, 6.45) is 1.90. The summed E-state index contributed by atoms with van der Waals surface area (Å²) in [6.45, 7) is 14.9. The number of carbonyl (C=O) groups is 4. The van der Waals surface area contributed by atoms with E-state index in [1.165, 1.54) is 0 Å². The summed E-state index contributed by atoms with van der Waals surface area (Å²) in [6, 6.07) is 7.06. The van der Waals surface area contributed by atoms with Crippen LogP contribution in [-0.4, -0.2) is 134 Å². The van der Waals surface area contributed by atoms with Gasteiger partial charge in [0.25, 0.3) is 0 Å². The molecule has 1 fully saturated rings. The van der Waals surface area contributed by atoms with Crippen LogP contribution in [-0.2, 0) is 35.1 Å². The minimum atomic E-state index is -0.914. The highest BCUT2D eigenvalue weighted by Gasteiger charge is 2.42. The molecule has 12 nitrogen and oxygen atoms in total. The molecule has 1 aromatic carbocycles. The first-order valence-corrected chi connectivity index (χ1v) is 19.1. The molecule has 1 heterocycles. The van der Waals surface area contributed by atoms with Crippen LogP contribution < -0.4 is 10.6 Å². The van der Waals surface area contributed by atoms with E-state index in [9.17, 15) is 24.3 Å². The molecule has 52 heavy (non-hydrogen) atoms. The second-order valence-electron chi connectivity index (χ2n) is 15.6. The Labute approximate surface area is 313 Å². The van der Waals surface area contributed by atoms with Gasteiger partial charge in [-0.2, -0.15) is 0 Å². The van der Waals surface area contributed by atoms with Crippen LogP contribution in [0.4, 0.5) is 0 Å². The summed E-state index contributed by atoms with van der Waals surface area (Å²) in [5.41, 5.74) is 0.940. The standard InChI is InChI=1S/C40H69N5O7/c1-13-27(6)36(44(10)39(48)34(25(2)3)42-38(47)35(26(4)5)43(8)9)32(51-11)23-33(46)45-21-17-20-31(45)37(52-12)28(7)24-41-30(40(49)50)22-29-18-15-14-16-19-29/h14-16,18-19,25-28,30-32,34-37,41H,13,17,20-24H2,1-12H3,(H,42,47)(H,49,50)/t27?,28?,30?,31?,32?,34-,35?,36?,37?/m0/s1. The molecule has 3 amide bonds. The molecule has 9 atom stereocenters. The second kappa shape index (κ2) is 21.6. The highest BCUT2D eigenvalue weighted by Crippen LogP contribution is 2.29. The minimum absolute atomic E-state index is 0.00524. The van der Waals surface area contributed by atoms with E-state index in [-0.39, 0.29) is 66.0 Å². The zero-order valence-corrected chi connectivity index (χ0v) is 33.9. The number of carbonyl (C=O) groups excluding carboxylic acids is 3. The number of hydrogen-bond acceptors (Lipinski definition) is 8. The van der Waals surface area contributed by atoms with Crippen LogP contribution in [0.25, 0.3) is 0 Å². The summed E-state index contributed by atoms with van der Waals surface area (Å²) in [4.78, 5) is 59.3. The number of aliphatic carboxylic acids is 1. The quantitative estimate of drug-likeness (QED) is 0.162. The number of methoxy groups -OCH3 is 2. The predicted octanol–water partition coefficient (Wildman–Crippen LogP) is 3.92. The summed E-state index contributed by atoms with van der Waals surface area (Å²) in [5, 5.41) is 16.2. The van der Waals surface area contributed by atoms with Gasteiger partial charge in [-0.25, -0.2) is 0 Å². The average Bonchev–Trinajstić information content (AvgIpc) is 3.57. The maximum atomic E-state index is 14.2. The van der Waals surface area contributed by atoms with Crippen LogP contribution in [0.3, 0.4) is 0 Å². The number of ether oxygens (including phenoxy) is 2. The van der Waals surface area contributed by atoms with Crippen LogP contribution in [0.5, 0.6) is 0 Å². The molecule has 0 aromatic heterocycles. The van der Waals surface area contributed by atoms with Gasteiger partial charge in [0, 0.05) is 34.4 Å². The Morgan fingerprint density at radius 2 is 1.58 bits per heavy atom. The van der Waals surface area contributed by atoms with Crippen LogP contribution in [0, 0.1) is 23.7 Å². The number of likely N-dealkylation sites (N-methyl/N-ethyl adjacent to an activating group) is 2. The van der Waals surface area contributed by atoms with Crippen LogP contribution >= 0.6 is 0 Å². The molecule has 1 aromatic rings. The third-order valence-electron chi connectivity index (χ3n) is 10.9. The molecule has 12 heteroatoms. The number of amides is 3. The van der Waals surface area contributed by atoms with Gasteiger partial charge in [0.15, 0.2) is 0 Å². The topological polar surface area (TPSA) is 141 Å². The van der Waals surface area contributed by atoms with Crippen molar-refractivity contribution in [1.82, 2.24) is 25.3 Å². The lowest BCUT2D eigenvalue weighted by Gasteiger charge is -2.41. The fourth-order valence-electron chi connectivity index (χ4n) is 7.88. The minimum Gasteiger partial charge on any atom is -0.480 e. The van der Waals surface area contributed by atoms with Gasteiger partial charge in [-0.1, -0.05) is 85.2 Å². The van der Waals surface area contributed by atoms with Gasteiger partial charge in [0.05, 0.1) is 36.8 Å². The maximum absolute atomic E-state index is 14.2. The Hall–Kier alpha value is -3.06. The molecule has 0 spiro atoms. The molecule has 1 aliphatic heterocycles. The van der Waals surface area contributed by atoms with E-state index in [0.717, 1.165) is 24.8 Å². The van der Waals surface area contributed by atoms with Gasteiger partial charge in [-0.3, -0.25) is 24.1 Å². The van der Waals surface area contributed by atoms with Crippen molar-refractivity contribution in [2.24, 2.45) is 23.7 Å². The molecule has 296 valence electrons. The number of nitrogens with one attached hydrogen (secondary N) is 2. The van der Waals surface area contributed by atoms with Crippen molar-refractivity contribution >= 4 is 23.7 Å². The third kappa shape index (κ3) is 12.2. The number of nitrogens with zero attached hydrogens (tertiary/aromatic N) is 3. The van der Waals surface area contributed by atoms with Crippen LogP contribution in [0.2, 0.25) is 0 Å². The molecule has 8 unspecified atom stereocenters. The number of carboxylic acid groups (broad SMARTS) is 1. The van der Waals surface area contributed by atoms with E-state index in [4.69, 9.17) is 9.47 Å². The zero-order valence-electron chi connectivity index (χ0n) is 33.9. The molecule has 2 rings (SSSR count). The lowest BCUT2D eigenvalue weighted by Crippen LogP contribution is -2.59. The van der Waals surface area contributed by atoms with Gasteiger partial charge >= 0.3 is 5.97 Å². The zero-order chi connectivity index (χ0) is 39.3. The molecule has 1 saturated heterocycles. The molecule has 3 N–H and O–H groups in total. The Morgan fingerprint density at radius 1 is 0.942 bits per heavy atom. The normalized spacial score (nSPS) is 19.5. The first kappa shape index (κ1) is 45.1. The van der Waals surface area contributed by atoms with Crippen LogP contribution in [0.15, 0.2) is 30.3 Å². The van der Waals surface area contributed by atoms with E-state index < -0.39 is 30.2 Å². The highest BCUT2D eigenvalue weighted by atomic mass is 16.5. The van der Waals surface area contributed by atoms with Crippen molar-refractivity contribution < 1.29 is 33.8 Å². The summed E-state index contributed by atoms with van der Waals surface area (Å²) < 4.78 is 12.0. The second-order valence-corrected chi connectivity index (χ2v) is 15.6.